The van der Waals surface area contributed by atoms with Crippen molar-refractivity contribution in [1.82, 2.24) is 20.4 Å². The van der Waals surface area contributed by atoms with E-state index in [4.69, 9.17) is 16.1 Å². The molecule has 4 rings (SSSR count). The first-order valence-electron chi connectivity index (χ1n) is 8.19. The first-order valence-corrected chi connectivity index (χ1v) is 8.56. The number of likely N-dealkylation sites (N-methyl/N-ethyl adjacent to an activating group) is 1. The van der Waals surface area contributed by atoms with Gasteiger partial charge in [-0.1, -0.05) is 28.9 Å². The smallest absolute Gasteiger partial charge is 0.229 e. The van der Waals surface area contributed by atoms with Crippen molar-refractivity contribution in [3.63, 3.8) is 0 Å². The third-order valence-corrected chi connectivity index (χ3v) is 4.98. The van der Waals surface area contributed by atoms with Crippen LogP contribution in [-0.4, -0.2) is 34.0 Å². The summed E-state index contributed by atoms with van der Waals surface area (Å²) in [5, 5.41) is 8.12. The molecule has 2 atom stereocenters. The van der Waals surface area contributed by atoms with Crippen molar-refractivity contribution >= 4 is 17.5 Å². The number of nitrogens with one attached hydrogen (secondary N) is 1. The van der Waals surface area contributed by atoms with Crippen molar-refractivity contribution in [3.8, 4) is 0 Å². The van der Waals surface area contributed by atoms with E-state index in [0.29, 0.717) is 29.7 Å². The van der Waals surface area contributed by atoms with Gasteiger partial charge < -0.3 is 14.7 Å². The van der Waals surface area contributed by atoms with Crippen LogP contribution < -0.4 is 5.32 Å². The van der Waals surface area contributed by atoms with Crippen molar-refractivity contribution in [1.29, 1.82) is 0 Å². The summed E-state index contributed by atoms with van der Waals surface area (Å²) in [6.07, 6.45) is 2.72. The van der Waals surface area contributed by atoms with Crippen molar-refractivity contribution < 1.29 is 9.32 Å². The predicted octanol–water partition coefficient (Wildman–Crippen LogP) is 2.66. The van der Waals surface area contributed by atoms with E-state index in [2.05, 4.69) is 15.5 Å². The molecule has 1 aliphatic heterocycles. The van der Waals surface area contributed by atoms with Crippen LogP contribution in [0.15, 0.2) is 28.8 Å². The lowest BCUT2D eigenvalue weighted by atomic mass is 10.0. The second-order valence-electron chi connectivity index (χ2n) is 6.52. The Balaban J connectivity index is 1.47. The Kier molecular flexibility index (Phi) is 4.02. The number of carbonyl (C=O) groups excluding carboxylic acids is 1. The highest BCUT2D eigenvalue weighted by Crippen LogP contribution is 2.39. The lowest BCUT2D eigenvalue weighted by Crippen LogP contribution is -2.35. The minimum atomic E-state index is -0.0235. The molecule has 2 fully saturated rings. The van der Waals surface area contributed by atoms with Crippen LogP contribution in [0.3, 0.4) is 0 Å². The largest absolute Gasteiger partial charge is 0.339 e. The third-order valence-electron chi connectivity index (χ3n) is 4.73. The molecule has 24 heavy (non-hydrogen) atoms. The molecule has 0 spiro atoms. The van der Waals surface area contributed by atoms with E-state index < -0.39 is 0 Å². The zero-order valence-corrected chi connectivity index (χ0v) is 14.2. The molecule has 1 aromatic heterocycles. The molecular weight excluding hydrogens is 328 g/mol. The SMILES string of the molecule is CN1C(=O)C[C@H](NCc2noc(C3CC3)n2)[C@@H]1c1ccc(Cl)cc1. The molecule has 6 nitrogen and oxygen atoms in total. The zero-order valence-electron chi connectivity index (χ0n) is 13.4. The predicted molar refractivity (Wildman–Crippen MR) is 88.5 cm³/mol. The Bertz CT molecular complexity index is 741. The summed E-state index contributed by atoms with van der Waals surface area (Å²) in [7, 11) is 1.84. The number of amides is 1. The van der Waals surface area contributed by atoms with E-state index in [-0.39, 0.29) is 18.0 Å². The highest BCUT2D eigenvalue weighted by atomic mass is 35.5. The fourth-order valence-electron chi connectivity index (χ4n) is 3.23. The number of halogens is 1. The van der Waals surface area contributed by atoms with Crippen LogP contribution >= 0.6 is 11.6 Å². The molecule has 1 saturated heterocycles. The summed E-state index contributed by atoms with van der Waals surface area (Å²) in [6, 6.07) is 7.63. The number of carbonyl (C=O) groups is 1. The molecule has 0 radical (unpaired) electrons. The van der Waals surface area contributed by atoms with Crippen LogP contribution in [0.5, 0.6) is 0 Å². The lowest BCUT2D eigenvalue weighted by molar-refractivity contribution is -0.127. The lowest BCUT2D eigenvalue weighted by Gasteiger charge is -2.25. The van der Waals surface area contributed by atoms with Gasteiger partial charge in [-0.25, -0.2) is 0 Å². The van der Waals surface area contributed by atoms with E-state index in [9.17, 15) is 4.79 Å². The summed E-state index contributed by atoms with van der Waals surface area (Å²) in [4.78, 5) is 18.4. The maximum Gasteiger partial charge on any atom is 0.229 e. The van der Waals surface area contributed by atoms with Crippen LogP contribution in [0, 0.1) is 0 Å². The maximum absolute atomic E-state index is 12.2. The molecule has 2 aliphatic rings. The summed E-state index contributed by atoms with van der Waals surface area (Å²) < 4.78 is 5.28. The normalized spacial score (nSPS) is 23.9. The molecule has 2 heterocycles. The van der Waals surface area contributed by atoms with E-state index in [1.807, 2.05) is 31.3 Å². The van der Waals surface area contributed by atoms with E-state index in [1.165, 1.54) is 0 Å². The van der Waals surface area contributed by atoms with Gasteiger partial charge in [0.15, 0.2) is 5.82 Å². The number of likely N-dealkylation sites (tertiary alicyclic amines) is 1. The van der Waals surface area contributed by atoms with Gasteiger partial charge in [-0.3, -0.25) is 4.79 Å². The van der Waals surface area contributed by atoms with Crippen molar-refractivity contribution in [2.24, 2.45) is 0 Å². The van der Waals surface area contributed by atoms with Gasteiger partial charge in [0, 0.05) is 30.5 Å². The second kappa shape index (κ2) is 6.18. The molecule has 1 saturated carbocycles. The van der Waals surface area contributed by atoms with E-state index in [1.54, 1.807) is 4.90 Å². The monoisotopic (exact) mass is 346 g/mol. The van der Waals surface area contributed by atoms with Crippen LogP contribution in [0.2, 0.25) is 5.02 Å². The zero-order chi connectivity index (χ0) is 16.7. The van der Waals surface area contributed by atoms with E-state index in [0.717, 1.165) is 24.3 Å². The van der Waals surface area contributed by atoms with Gasteiger partial charge in [0.1, 0.15) is 0 Å². The average molecular weight is 347 g/mol. The highest BCUT2D eigenvalue weighted by molar-refractivity contribution is 6.30. The van der Waals surface area contributed by atoms with Gasteiger partial charge in [-0.2, -0.15) is 4.98 Å². The topological polar surface area (TPSA) is 71.3 Å². The highest BCUT2D eigenvalue weighted by Gasteiger charge is 2.38. The summed E-state index contributed by atoms with van der Waals surface area (Å²) in [6.45, 7) is 0.492. The van der Waals surface area contributed by atoms with E-state index >= 15 is 0 Å². The van der Waals surface area contributed by atoms with Crippen LogP contribution in [0.4, 0.5) is 0 Å². The fourth-order valence-corrected chi connectivity index (χ4v) is 3.35. The van der Waals surface area contributed by atoms with Crippen molar-refractivity contribution in [2.75, 3.05) is 7.05 Å². The van der Waals surface area contributed by atoms with Gasteiger partial charge in [0.05, 0.1) is 12.6 Å². The maximum atomic E-state index is 12.2. The van der Waals surface area contributed by atoms with Crippen LogP contribution in [0.1, 0.15) is 48.5 Å². The Morgan fingerprint density at radius 2 is 2.08 bits per heavy atom. The minimum absolute atomic E-state index is 0.00607. The molecule has 1 amide bonds. The Morgan fingerprint density at radius 3 is 2.79 bits per heavy atom. The second-order valence-corrected chi connectivity index (χ2v) is 6.95. The molecular formula is C17H19ClN4O2. The fraction of sp³-hybridized carbons (Fsp3) is 0.471. The Hall–Kier alpha value is -1.92. The summed E-state index contributed by atoms with van der Waals surface area (Å²) in [5.74, 6) is 1.96. The molecule has 0 bridgehead atoms. The number of rotatable bonds is 5. The molecule has 1 N–H and O–H groups in total. The first kappa shape index (κ1) is 15.6. The van der Waals surface area contributed by atoms with Gasteiger partial charge >= 0.3 is 0 Å². The number of hydrogen-bond acceptors (Lipinski definition) is 5. The molecule has 0 unspecified atom stereocenters. The van der Waals surface area contributed by atoms with Crippen molar-refractivity contribution in [2.45, 2.75) is 43.8 Å². The van der Waals surface area contributed by atoms with Gasteiger partial charge in [0.25, 0.3) is 0 Å². The quantitative estimate of drug-likeness (QED) is 0.901. The Morgan fingerprint density at radius 1 is 1.33 bits per heavy atom. The molecule has 126 valence electrons. The molecule has 7 heteroatoms. The molecule has 1 aromatic carbocycles. The van der Waals surface area contributed by atoms with Gasteiger partial charge in [-0.15, -0.1) is 0 Å². The number of hydrogen-bond donors (Lipinski definition) is 1. The number of nitrogens with zero attached hydrogens (tertiary/aromatic N) is 3. The minimum Gasteiger partial charge on any atom is -0.339 e. The first-order chi connectivity index (χ1) is 11.6. The number of aromatic nitrogens is 2. The molecule has 1 aliphatic carbocycles. The Labute approximate surface area is 145 Å². The molecule has 2 aromatic rings. The van der Waals surface area contributed by atoms with Gasteiger partial charge in [-0.05, 0) is 30.5 Å². The average Bonchev–Trinajstić information content (AvgIpc) is 3.25. The summed E-state index contributed by atoms with van der Waals surface area (Å²) >= 11 is 5.97. The van der Waals surface area contributed by atoms with Gasteiger partial charge in [0.2, 0.25) is 11.8 Å². The number of benzene rings is 1. The van der Waals surface area contributed by atoms with Crippen molar-refractivity contribution in [3.05, 3.63) is 46.6 Å². The van der Waals surface area contributed by atoms with Crippen LogP contribution in [-0.2, 0) is 11.3 Å². The third kappa shape index (κ3) is 3.03. The van der Waals surface area contributed by atoms with Crippen LogP contribution in [0.25, 0.3) is 0 Å². The summed E-state index contributed by atoms with van der Waals surface area (Å²) in [5.41, 5.74) is 1.07. The standard InChI is InChI=1S/C17H19ClN4O2/c1-22-15(23)8-13(16(22)10-4-6-12(18)7-5-10)19-9-14-20-17(24-21-14)11-2-3-11/h4-7,11,13,16,19H,2-3,8-9H2,1H3/t13-,16-/m0/s1.